The average molecular weight is 192 g/mol. The fourth-order valence-electron chi connectivity index (χ4n) is 1.65. The highest BCUT2D eigenvalue weighted by Crippen LogP contribution is 2.06. The number of rotatable bonds is 2. The van der Waals surface area contributed by atoms with Gasteiger partial charge in [-0.15, -0.1) is 0 Å². The second kappa shape index (κ2) is 4.39. The molecule has 0 saturated heterocycles. The van der Waals surface area contributed by atoms with E-state index < -0.39 is 0 Å². The summed E-state index contributed by atoms with van der Waals surface area (Å²) in [5.74, 6) is 0. The van der Waals surface area contributed by atoms with Crippen molar-refractivity contribution in [3.8, 4) is 0 Å². The van der Waals surface area contributed by atoms with Gasteiger partial charge in [0.1, 0.15) is 15.7 Å². The maximum Gasteiger partial charge on any atom is 0.139 e. The lowest BCUT2D eigenvalue weighted by Crippen LogP contribution is -2.02. The van der Waals surface area contributed by atoms with Crippen LogP contribution < -0.4 is 10.9 Å². The summed E-state index contributed by atoms with van der Waals surface area (Å²) in [6.07, 6.45) is 1.03. The number of benzene rings is 2. The minimum atomic E-state index is 1.03. The Kier molecular flexibility index (Phi) is 2.96. The highest BCUT2D eigenvalue weighted by atomic mass is 14.0. The summed E-state index contributed by atoms with van der Waals surface area (Å²) in [6.45, 7) is 0. The summed E-state index contributed by atoms with van der Waals surface area (Å²) >= 11 is 0. The highest BCUT2D eigenvalue weighted by molar-refractivity contribution is 6.32. The van der Waals surface area contributed by atoms with Gasteiger partial charge in [0.25, 0.3) is 0 Å². The van der Waals surface area contributed by atoms with Crippen molar-refractivity contribution in [2.45, 2.75) is 6.42 Å². The predicted molar refractivity (Wildman–Crippen MR) is 72.0 cm³/mol. The number of hydrogen-bond acceptors (Lipinski definition) is 0. The molecule has 2 aromatic rings. The molecule has 15 heavy (non-hydrogen) atoms. The van der Waals surface area contributed by atoms with E-state index >= 15 is 0 Å². The fraction of sp³-hybridized carbons (Fsp3) is 0.0769. The monoisotopic (exact) mass is 192 g/mol. The number of hydrogen-bond donors (Lipinski definition) is 0. The molecule has 0 amide bonds. The van der Waals surface area contributed by atoms with Crippen molar-refractivity contribution < 1.29 is 0 Å². The molecule has 2 rings (SSSR count). The van der Waals surface area contributed by atoms with Crippen LogP contribution in [0.5, 0.6) is 0 Å². The van der Waals surface area contributed by atoms with Crippen molar-refractivity contribution in [3.05, 3.63) is 59.7 Å². The van der Waals surface area contributed by atoms with Crippen molar-refractivity contribution in [2.75, 3.05) is 0 Å². The zero-order valence-electron chi connectivity index (χ0n) is 9.33. The van der Waals surface area contributed by atoms with Crippen LogP contribution >= 0.6 is 0 Å². The minimum Gasteiger partial charge on any atom is -0.0889 e. The Balaban J connectivity index is 2.15. The van der Waals surface area contributed by atoms with Crippen molar-refractivity contribution in [2.24, 2.45) is 0 Å². The zero-order valence-corrected chi connectivity index (χ0v) is 9.33. The van der Waals surface area contributed by atoms with Gasteiger partial charge in [-0.1, -0.05) is 59.5 Å². The standard InChI is InChI=1S/C13H14B2/c14-12-5-1-10(2-6-12)9-11-3-7-13(15)8-4-11/h1-8H,9,14-15H2. The summed E-state index contributed by atoms with van der Waals surface area (Å²) in [5.41, 5.74) is 5.40. The van der Waals surface area contributed by atoms with E-state index in [0.717, 1.165) is 6.42 Å². The SMILES string of the molecule is Bc1ccc(Cc2ccc(B)cc2)cc1. The molecule has 2 aromatic carbocycles. The van der Waals surface area contributed by atoms with E-state index in [1.54, 1.807) is 0 Å². The van der Waals surface area contributed by atoms with Crippen molar-refractivity contribution in [1.29, 1.82) is 0 Å². The molecule has 0 N–H and O–H groups in total. The van der Waals surface area contributed by atoms with E-state index in [-0.39, 0.29) is 0 Å². The normalized spacial score (nSPS) is 10.1. The van der Waals surface area contributed by atoms with E-state index in [0.29, 0.717) is 0 Å². The molecule has 0 nitrogen and oxygen atoms in total. The van der Waals surface area contributed by atoms with Gasteiger partial charge in [0.15, 0.2) is 0 Å². The van der Waals surface area contributed by atoms with Crippen LogP contribution in [0.2, 0.25) is 0 Å². The smallest absolute Gasteiger partial charge is 0.0889 e. The zero-order chi connectivity index (χ0) is 10.7. The Bertz CT molecular complexity index is 386. The van der Waals surface area contributed by atoms with Gasteiger partial charge in [-0.2, -0.15) is 0 Å². The molecule has 2 heteroatoms. The molecular formula is C13H14B2. The maximum absolute atomic E-state index is 2.20. The summed E-state index contributed by atoms with van der Waals surface area (Å²) in [4.78, 5) is 0. The third-order valence-corrected chi connectivity index (χ3v) is 2.65. The first-order valence-corrected chi connectivity index (χ1v) is 5.35. The first-order chi connectivity index (χ1) is 7.24. The third kappa shape index (κ3) is 2.76. The molecule has 0 atom stereocenters. The van der Waals surface area contributed by atoms with Crippen LogP contribution in [0.4, 0.5) is 0 Å². The molecule has 0 aliphatic heterocycles. The van der Waals surface area contributed by atoms with Crippen molar-refractivity contribution in [3.63, 3.8) is 0 Å². The summed E-state index contributed by atoms with van der Waals surface area (Å²) in [6, 6.07) is 17.5. The van der Waals surface area contributed by atoms with Crippen LogP contribution in [0.25, 0.3) is 0 Å². The van der Waals surface area contributed by atoms with Crippen LogP contribution in [0.15, 0.2) is 48.5 Å². The molecule has 0 bridgehead atoms. The van der Waals surface area contributed by atoms with Crippen molar-refractivity contribution in [1.82, 2.24) is 0 Å². The Labute approximate surface area is 93.2 Å². The maximum atomic E-state index is 2.20. The van der Waals surface area contributed by atoms with Crippen LogP contribution in [0.1, 0.15) is 11.1 Å². The first kappa shape index (κ1) is 10.1. The van der Waals surface area contributed by atoms with E-state index in [2.05, 4.69) is 64.2 Å². The molecule has 0 aromatic heterocycles. The van der Waals surface area contributed by atoms with Gasteiger partial charge in [-0.05, 0) is 17.5 Å². The topological polar surface area (TPSA) is 0 Å². The van der Waals surface area contributed by atoms with E-state index in [1.807, 2.05) is 0 Å². The lowest BCUT2D eigenvalue weighted by Gasteiger charge is -2.03. The lowest BCUT2D eigenvalue weighted by atomic mass is 9.92. The van der Waals surface area contributed by atoms with Crippen LogP contribution in [0, 0.1) is 0 Å². The Morgan fingerprint density at radius 1 is 0.600 bits per heavy atom. The van der Waals surface area contributed by atoms with Crippen molar-refractivity contribution >= 4 is 26.6 Å². The van der Waals surface area contributed by atoms with Gasteiger partial charge in [-0.3, -0.25) is 0 Å². The van der Waals surface area contributed by atoms with Gasteiger partial charge in [-0.25, -0.2) is 0 Å². The van der Waals surface area contributed by atoms with Gasteiger partial charge >= 0.3 is 0 Å². The summed E-state index contributed by atoms with van der Waals surface area (Å²) in [7, 11) is 4.24. The van der Waals surface area contributed by atoms with E-state index in [1.165, 1.54) is 22.1 Å². The third-order valence-electron chi connectivity index (χ3n) is 2.65. The Hall–Kier alpha value is -1.43. The highest BCUT2D eigenvalue weighted by Gasteiger charge is 1.95. The summed E-state index contributed by atoms with van der Waals surface area (Å²) in [5, 5.41) is 0. The molecule has 0 aliphatic carbocycles. The second-order valence-electron chi connectivity index (χ2n) is 4.15. The second-order valence-corrected chi connectivity index (χ2v) is 4.15. The van der Waals surface area contributed by atoms with Gasteiger partial charge < -0.3 is 0 Å². The largest absolute Gasteiger partial charge is 0.139 e. The van der Waals surface area contributed by atoms with Gasteiger partial charge in [0.2, 0.25) is 0 Å². The molecule has 0 fully saturated rings. The van der Waals surface area contributed by atoms with Crippen LogP contribution in [-0.2, 0) is 6.42 Å². The molecule has 0 aliphatic rings. The Morgan fingerprint density at radius 3 is 1.27 bits per heavy atom. The quantitative estimate of drug-likeness (QED) is 0.577. The molecule has 0 saturated carbocycles. The molecule has 0 spiro atoms. The summed E-state index contributed by atoms with van der Waals surface area (Å²) < 4.78 is 0. The van der Waals surface area contributed by atoms with Gasteiger partial charge in [0, 0.05) is 0 Å². The molecular weight excluding hydrogens is 178 g/mol. The fourth-order valence-corrected chi connectivity index (χ4v) is 1.65. The van der Waals surface area contributed by atoms with E-state index in [4.69, 9.17) is 0 Å². The molecule has 72 valence electrons. The first-order valence-electron chi connectivity index (χ1n) is 5.35. The lowest BCUT2D eigenvalue weighted by molar-refractivity contribution is 1.20. The molecule has 0 unspecified atom stereocenters. The molecule has 0 radical (unpaired) electrons. The van der Waals surface area contributed by atoms with E-state index in [9.17, 15) is 0 Å². The van der Waals surface area contributed by atoms with Gasteiger partial charge in [0.05, 0.1) is 0 Å². The predicted octanol–water partition coefficient (Wildman–Crippen LogP) is -0.206. The van der Waals surface area contributed by atoms with Crippen LogP contribution in [0.3, 0.4) is 0 Å². The van der Waals surface area contributed by atoms with Crippen LogP contribution in [-0.4, -0.2) is 15.7 Å². The minimum absolute atomic E-state index is 1.03. The Morgan fingerprint density at radius 2 is 0.933 bits per heavy atom. The molecule has 0 heterocycles. The average Bonchev–Trinajstić information content (AvgIpc) is 2.25.